The predicted molar refractivity (Wildman–Crippen MR) is 118 cm³/mol. The van der Waals surface area contributed by atoms with Crippen LogP contribution in [0.2, 0.25) is 0 Å². The number of nitrogens with zero attached hydrogens (tertiary/aromatic N) is 4. The molecule has 31 heavy (non-hydrogen) atoms. The highest BCUT2D eigenvalue weighted by molar-refractivity contribution is 6.05. The highest BCUT2D eigenvalue weighted by Crippen LogP contribution is 2.38. The molecule has 0 unspecified atom stereocenters. The van der Waals surface area contributed by atoms with E-state index < -0.39 is 0 Å². The predicted octanol–water partition coefficient (Wildman–Crippen LogP) is 4.81. The first kappa shape index (κ1) is 19.2. The maximum Gasteiger partial charge on any atom is 0.151 e. The average molecular weight is 410 g/mol. The third-order valence-electron chi connectivity index (χ3n) is 5.47. The van der Waals surface area contributed by atoms with Gasteiger partial charge in [-0.05, 0) is 47.3 Å². The Morgan fingerprint density at radius 2 is 1.81 bits per heavy atom. The largest absolute Gasteiger partial charge is 0.378 e. The highest BCUT2D eigenvalue weighted by atomic mass is 19.1. The second-order valence-electron chi connectivity index (χ2n) is 7.36. The molecule has 1 aliphatic heterocycles. The van der Waals surface area contributed by atoms with Crippen LogP contribution in [0.3, 0.4) is 0 Å². The van der Waals surface area contributed by atoms with Crippen molar-refractivity contribution in [2.45, 2.75) is 0 Å². The fourth-order valence-corrected chi connectivity index (χ4v) is 4.02. The number of nitriles is 1. The number of pyridine rings is 2. The van der Waals surface area contributed by atoms with E-state index in [1.54, 1.807) is 12.3 Å². The first-order valence-corrected chi connectivity index (χ1v) is 10.1. The number of hydrogen-bond donors (Lipinski definition) is 0. The van der Waals surface area contributed by atoms with Crippen LogP contribution in [0.1, 0.15) is 5.69 Å². The quantitative estimate of drug-likeness (QED) is 0.485. The SMILES string of the molecule is N#Cc1nc(N2CCOCC2)c2ccc(-c3ccccn3)cc2c1-c1cccc(F)c1. The zero-order valence-electron chi connectivity index (χ0n) is 16.8. The molecule has 0 aliphatic carbocycles. The molecule has 0 atom stereocenters. The second-order valence-corrected chi connectivity index (χ2v) is 7.36. The third-order valence-corrected chi connectivity index (χ3v) is 5.47. The second kappa shape index (κ2) is 8.13. The summed E-state index contributed by atoms with van der Waals surface area (Å²) >= 11 is 0. The molecule has 0 amide bonds. The molecular formula is C25H19FN4O. The Kier molecular flexibility index (Phi) is 5.03. The summed E-state index contributed by atoms with van der Waals surface area (Å²) in [5, 5.41) is 11.7. The van der Waals surface area contributed by atoms with Crippen molar-refractivity contribution in [2.24, 2.45) is 0 Å². The van der Waals surface area contributed by atoms with Gasteiger partial charge in [-0.1, -0.05) is 24.3 Å². The molecule has 0 radical (unpaired) electrons. The lowest BCUT2D eigenvalue weighted by atomic mass is 9.94. The fourth-order valence-electron chi connectivity index (χ4n) is 4.02. The number of morpholine rings is 1. The van der Waals surface area contributed by atoms with Gasteiger partial charge in [0.2, 0.25) is 0 Å². The van der Waals surface area contributed by atoms with Gasteiger partial charge in [-0.3, -0.25) is 4.98 Å². The van der Waals surface area contributed by atoms with Crippen LogP contribution in [0.4, 0.5) is 10.2 Å². The van der Waals surface area contributed by atoms with Gasteiger partial charge >= 0.3 is 0 Å². The molecule has 0 saturated carbocycles. The van der Waals surface area contributed by atoms with Gasteiger partial charge in [0.15, 0.2) is 5.69 Å². The summed E-state index contributed by atoms with van der Waals surface area (Å²) in [5.74, 6) is 0.398. The van der Waals surface area contributed by atoms with Crippen molar-refractivity contribution in [1.82, 2.24) is 9.97 Å². The maximum atomic E-state index is 14.1. The van der Waals surface area contributed by atoms with E-state index in [-0.39, 0.29) is 11.5 Å². The van der Waals surface area contributed by atoms with E-state index in [0.717, 1.165) is 27.8 Å². The number of halogens is 1. The lowest BCUT2D eigenvalue weighted by Crippen LogP contribution is -2.37. The highest BCUT2D eigenvalue weighted by Gasteiger charge is 2.21. The molecule has 5 rings (SSSR count). The molecule has 3 heterocycles. The Morgan fingerprint density at radius 3 is 2.55 bits per heavy atom. The molecule has 2 aromatic carbocycles. The van der Waals surface area contributed by atoms with Gasteiger partial charge in [-0.25, -0.2) is 9.37 Å². The monoisotopic (exact) mass is 410 g/mol. The molecule has 1 saturated heterocycles. The van der Waals surface area contributed by atoms with Crippen molar-refractivity contribution in [3.63, 3.8) is 0 Å². The van der Waals surface area contributed by atoms with E-state index >= 15 is 0 Å². The van der Waals surface area contributed by atoms with Crippen LogP contribution in [-0.2, 0) is 4.74 Å². The Labute approximate surface area is 179 Å². The van der Waals surface area contributed by atoms with Gasteiger partial charge in [-0.15, -0.1) is 0 Å². The maximum absolute atomic E-state index is 14.1. The van der Waals surface area contributed by atoms with Gasteiger partial charge in [0.25, 0.3) is 0 Å². The van der Waals surface area contributed by atoms with Gasteiger partial charge in [0.1, 0.15) is 17.7 Å². The lowest BCUT2D eigenvalue weighted by molar-refractivity contribution is 0.122. The minimum absolute atomic E-state index is 0.276. The van der Waals surface area contributed by atoms with Crippen LogP contribution < -0.4 is 4.90 Å². The molecular weight excluding hydrogens is 391 g/mol. The molecule has 6 heteroatoms. The Hall–Kier alpha value is -3.82. The summed E-state index contributed by atoms with van der Waals surface area (Å²) in [6, 6.07) is 20.3. The van der Waals surface area contributed by atoms with Gasteiger partial charge in [0.05, 0.1) is 18.9 Å². The Bertz CT molecular complexity index is 1290. The van der Waals surface area contributed by atoms with Crippen molar-refractivity contribution in [3.8, 4) is 28.5 Å². The topological polar surface area (TPSA) is 62.0 Å². The van der Waals surface area contributed by atoms with E-state index in [1.165, 1.54) is 12.1 Å². The zero-order valence-corrected chi connectivity index (χ0v) is 16.8. The van der Waals surface area contributed by atoms with Crippen LogP contribution in [0.25, 0.3) is 33.2 Å². The molecule has 1 aliphatic rings. The van der Waals surface area contributed by atoms with Gasteiger partial charge in [0, 0.05) is 35.8 Å². The minimum Gasteiger partial charge on any atom is -0.378 e. The molecule has 1 fully saturated rings. The summed E-state index contributed by atoms with van der Waals surface area (Å²) in [7, 11) is 0. The van der Waals surface area contributed by atoms with E-state index in [9.17, 15) is 9.65 Å². The lowest BCUT2D eigenvalue weighted by Gasteiger charge is -2.29. The number of rotatable bonds is 3. The van der Waals surface area contributed by atoms with Crippen molar-refractivity contribution >= 4 is 16.6 Å². The smallest absolute Gasteiger partial charge is 0.151 e. The summed E-state index contributed by atoms with van der Waals surface area (Å²) in [5.41, 5.74) is 3.29. The Morgan fingerprint density at radius 1 is 0.935 bits per heavy atom. The standard InChI is InChI=1S/C25H19FN4O/c26-19-5-3-4-18(14-19)24-21-15-17(22-6-1-2-9-28-22)7-8-20(21)25(29-23(24)16-27)30-10-12-31-13-11-30/h1-9,14-15H,10-13H2. The average Bonchev–Trinajstić information content (AvgIpc) is 2.83. The number of benzene rings is 2. The van der Waals surface area contributed by atoms with Crippen LogP contribution in [0.15, 0.2) is 66.9 Å². The number of anilines is 1. The van der Waals surface area contributed by atoms with Crippen molar-refractivity contribution in [1.29, 1.82) is 5.26 Å². The van der Waals surface area contributed by atoms with E-state index in [1.807, 2.05) is 42.5 Å². The van der Waals surface area contributed by atoms with Crippen molar-refractivity contribution in [3.05, 3.63) is 78.4 Å². The normalized spacial score (nSPS) is 13.9. The van der Waals surface area contributed by atoms with E-state index in [0.29, 0.717) is 37.4 Å². The van der Waals surface area contributed by atoms with Gasteiger partial charge in [-0.2, -0.15) is 5.26 Å². The molecule has 5 nitrogen and oxygen atoms in total. The first-order valence-electron chi connectivity index (χ1n) is 10.1. The summed E-state index contributed by atoms with van der Waals surface area (Å²) in [6.07, 6.45) is 1.75. The number of ether oxygens (including phenoxy) is 1. The molecule has 0 N–H and O–H groups in total. The number of aromatic nitrogens is 2. The third kappa shape index (κ3) is 3.60. The summed E-state index contributed by atoms with van der Waals surface area (Å²) < 4.78 is 19.6. The van der Waals surface area contributed by atoms with Crippen LogP contribution in [0, 0.1) is 17.1 Å². The van der Waals surface area contributed by atoms with Gasteiger partial charge < -0.3 is 9.64 Å². The molecule has 0 spiro atoms. The van der Waals surface area contributed by atoms with Crippen LogP contribution in [-0.4, -0.2) is 36.3 Å². The number of fused-ring (bicyclic) bond motifs is 1. The Balaban J connectivity index is 1.82. The zero-order chi connectivity index (χ0) is 21.2. The fraction of sp³-hybridized carbons (Fsp3) is 0.160. The summed E-state index contributed by atoms with van der Waals surface area (Å²) in [6.45, 7) is 2.63. The van der Waals surface area contributed by atoms with Crippen molar-refractivity contribution in [2.75, 3.05) is 31.2 Å². The molecule has 0 bridgehead atoms. The number of hydrogen-bond acceptors (Lipinski definition) is 5. The van der Waals surface area contributed by atoms with Crippen LogP contribution in [0.5, 0.6) is 0 Å². The van der Waals surface area contributed by atoms with E-state index in [4.69, 9.17) is 9.72 Å². The molecule has 4 aromatic rings. The molecule has 2 aromatic heterocycles. The van der Waals surface area contributed by atoms with E-state index in [2.05, 4.69) is 16.0 Å². The minimum atomic E-state index is -0.354. The first-order chi connectivity index (χ1) is 15.2. The molecule has 152 valence electrons. The van der Waals surface area contributed by atoms with Crippen molar-refractivity contribution < 1.29 is 9.13 Å². The van der Waals surface area contributed by atoms with Crippen LogP contribution >= 0.6 is 0 Å². The summed E-state index contributed by atoms with van der Waals surface area (Å²) in [4.78, 5) is 11.3.